The molecule has 1 aromatic carbocycles. The second kappa shape index (κ2) is 7.86. The largest absolute Gasteiger partial charge is 0.349 e. The highest BCUT2D eigenvalue weighted by atomic mass is 16.2. The van der Waals surface area contributed by atoms with Crippen LogP contribution in [-0.2, 0) is 11.3 Å². The molecule has 0 spiro atoms. The summed E-state index contributed by atoms with van der Waals surface area (Å²) < 4.78 is 2.22. The van der Waals surface area contributed by atoms with E-state index in [4.69, 9.17) is 0 Å². The summed E-state index contributed by atoms with van der Waals surface area (Å²) in [6.07, 6.45) is 2.36. The van der Waals surface area contributed by atoms with E-state index in [9.17, 15) is 9.59 Å². The molecule has 2 aromatic rings. The van der Waals surface area contributed by atoms with E-state index < -0.39 is 0 Å². The van der Waals surface area contributed by atoms with Crippen LogP contribution in [-0.4, -0.2) is 42.0 Å². The van der Waals surface area contributed by atoms with Gasteiger partial charge in [0.15, 0.2) is 0 Å². The predicted molar refractivity (Wildman–Crippen MR) is 97.1 cm³/mol. The first-order valence-corrected chi connectivity index (χ1v) is 8.20. The molecule has 0 atom stereocenters. The number of benzene rings is 1. The molecule has 2 N–H and O–H groups in total. The number of anilines is 1. The van der Waals surface area contributed by atoms with E-state index in [1.165, 1.54) is 4.90 Å². The zero-order chi connectivity index (χ0) is 17.7. The highest BCUT2D eigenvalue weighted by molar-refractivity contribution is 5.93. The number of nitrogens with zero attached hydrogens (tertiary/aromatic N) is 2. The number of hydrogen-bond donors (Lipinski definition) is 2. The topological polar surface area (TPSA) is 66.4 Å². The van der Waals surface area contributed by atoms with E-state index in [2.05, 4.69) is 41.3 Å². The maximum atomic E-state index is 11.9. The summed E-state index contributed by atoms with van der Waals surface area (Å²) in [6.45, 7) is 5.66. The molecule has 0 saturated heterocycles. The third-order valence-corrected chi connectivity index (χ3v) is 3.71. The van der Waals surface area contributed by atoms with E-state index in [0.717, 1.165) is 23.1 Å². The molecule has 1 heterocycles. The number of amides is 3. The lowest BCUT2D eigenvalue weighted by Crippen LogP contribution is -2.33. The second-order valence-corrected chi connectivity index (χ2v) is 6.55. The molecular weight excluding hydrogens is 304 g/mol. The molecule has 3 amide bonds. The fourth-order valence-corrected chi connectivity index (χ4v) is 2.51. The zero-order valence-corrected chi connectivity index (χ0v) is 14.8. The van der Waals surface area contributed by atoms with E-state index in [0.29, 0.717) is 12.5 Å². The summed E-state index contributed by atoms with van der Waals surface area (Å²) >= 11 is 0. The van der Waals surface area contributed by atoms with Gasteiger partial charge in [-0.15, -0.1) is 0 Å². The predicted octanol–water partition coefficient (Wildman–Crippen LogP) is 2.90. The van der Waals surface area contributed by atoms with Gasteiger partial charge in [-0.1, -0.05) is 13.8 Å². The van der Waals surface area contributed by atoms with Gasteiger partial charge in [0.05, 0.1) is 0 Å². The van der Waals surface area contributed by atoms with Crippen LogP contribution in [0.15, 0.2) is 30.5 Å². The molecule has 0 saturated carbocycles. The number of urea groups is 1. The lowest BCUT2D eigenvalue weighted by molar-refractivity contribution is -0.128. The van der Waals surface area contributed by atoms with Crippen molar-refractivity contribution in [1.82, 2.24) is 14.8 Å². The number of aromatic nitrogens is 1. The Labute approximate surface area is 142 Å². The van der Waals surface area contributed by atoms with E-state index in [1.807, 2.05) is 18.2 Å². The molecule has 2 rings (SSSR count). The zero-order valence-electron chi connectivity index (χ0n) is 14.8. The highest BCUT2D eigenvalue weighted by Gasteiger charge is 2.08. The molecule has 6 nitrogen and oxygen atoms in total. The van der Waals surface area contributed by atoms with E-state index in [-0.39, 0.29) is 18.4 Å². The van der Waals surface area contributed by atoms with Gasteiger partial charge in [0, 0.05) is 56.4 Å². The molecule has 0 bridgehead atoms. The number of fused-ring (bicyclic) bond motifs is 1. The summed E-state index contributed by atoms with van der Waals surface area (Å²) in [4.78, 5) is 24.9. The molecule has 6 heteroatoms. The van der Waals surface area contributed by atoms with Crippen molar-refractivity contribution in [2.45, 2.75) is 26.8 Å². The Morgan fingerprint density at radius 3 is 2.62 bits per heavy atom. The van der Waals surface area contributed by atoms with Gasteiger partial charge < -0.3 is 20.1 Å². The van der Waals surface area contributed by atoms with Crippen LogP contribution in [0.5, 0.6) is 0 Å². The molecule has 130 valence electrons. The quantitative estimate of drug-likeness (QED) is 0.855. The van der Waals surface area contributed by atoms with Gasteiger partial charge in [-0.2, -0.15) is 0 Å². The third-order valence-electron chi connectivity index (χ3n) is 3.71. The summed E-state index contributed by atoms with van der Waals surface area (Å²) in [5.41, 5.74) is 1.90. The molecule has 0 radical (unpaired) electrons. The number of carbonyl (C=O) groups is 2. The van der Waals surface area contributed by atoms with Crippen LogP contribution < -0.4 is 10.6 Å². The molecule has 0 aliphatic carbocycles. The fraction of sp³-hybridized carbons (Fsp3) is 0.444. The van der Waals surface area contributed by atoms with Gasteiger partial charge >= 0.3 is 6.03 Å². The van der Waals surface area contributed by atoms with Crippen LogP contribution in [0.1, 0.15) is 20.3 Å². The average molecular weight is 330 g/mol. The lowest BCUT2D eigenvalue weighted by atomic mass is 10.2. The maximum Gasteiger partial charge on any atom is 0.319 e. The summed E-state index contributed by atoms with van der Waals surface area (Å²) in [5, 5.41) is 6.59. The lowest BCUT2D eigenvalue weighted by Gasteiger charge is -2.11. The molecule has 0 fully saturated rings. The monoisotopic (exact) mass is 330 g/mol. The average Bonchev–Trinajstić information content (AvgIpc) is 2.88. The number of hydrogen-bond acceptors (Lipinski definition) is 2. The Bertz CT molecular complexity index is 719. The van der Waals surface area contributed by atoms with Gasteiger partial charge in [-0.25, -0.2) is 4.79 Å². The Balaban J connectivity index is 1.93. The van der Waals surface area contributed by atoms with Crippen LogP contribution in [0.25, 0.3) is 10.9 Å². The van der Waals surface area contributed by atoms with Crippen molar-refractivity contribution in [3.8, 4) is 0 Å². The van der Waals surface area contributed by atoms with Crippen LogP contribution in [0, 0.1) is 5.92 Å². The van der Waals surface area contributed by atoms with Gasteiger partial charge in [-0.05, 0) is 30.2 Å². The standard InChI is InChI=1S/C18H26N4O2/c1-13(2)12-22-10-8-14-11-15(5-6-16(14)22)20-18(24)19-9-7-17(23)21(3)4/h5-6,8,10-11,13H,7,9,12H2,1-4H3,(H2,19,20,24). The first-order valence-electron chi connectivity index (χ1n) is 8.20. The van der Waals surface area contributed by atoms with Crippen molar-refractivity contribution in [2.75, 3.05) is 26.0 Å². The Morgan fingerprint density at radius 1 is 1.21 bits per heavy atom. The molecule has 0 aliphatic rings. The Hall–Kier alpha value is -2.50. The first-order chi connectivity index (χ1) is 11.4. The minimum Gasteiger partial charge on any atom is -0.349 e. The molecule has 1 aromatic heterocycles. The van der Waals surface area contributed by atoms with Crippen molar-refractivity contribution < 1.29 is 9.59 Å². The summed E-state index contributed by atoms with van der Waals surface area (Å²) in [5.74, 6) is 0.567. The van der Waals surface area contributed by atoms with E-state index >= 15 is 0 Å². The van der Waals surface area contributed by atoms with Crippen LogP contribution in [0.3, 0.4) is 0 Å². The number of rotatable bonds is 6. The highest BCUT2D eigenvalue weighted by Crippen LogP contribution is 2.21. The molecule has 24 heavy (non-hydrogen) atoms. The Morgan fingerprint density at radius 2 is 1.96 bits per heavy atom. The van der Waals surface area contributed by atoms with Gasteiger partial charge in [0.2, 0.25) is 5.91 Å². The summed E-state index contributed by atoms with van der Waals surface area (Å²) in [7, 11) is 3.39. The van der Waals surface area contributed by atoms with E-state index in [1.54, 1.807) is 14.1 Å². The van der Waals surface area contributed by atoms with Gasteiger partial charge in [0.25, 0.3) is 0 Å². The molecule has 0 aliphatic heterocycles. The van der Waals surface area contributed by atoms with Gasteiger partial charge in [0.1, 0.15) is 0 Å². The normalized spacial score (nSPS) is 10.9. The maximum absolute atomic E-state index is 11.9. The van der Waals surface area contributed by atoms with Crippen molar-refractivity contribution in [1.29, 1.82) is 0 Å². The molecule has 0 unspecified atom stereocenters. The Kier molecular flexibility index (Phi) is 5.84. The van der Waals surface area contributed by atoms with Crippen molar-refractivity contribution in [3.05, 3.63) is 30.5 Å². The SMILES string of the molecule is CC(C)Cn1ccc2cc(NC(=O)NCCC(=O)N(C)C)ccc21. The summed E-state index contributed by atoms with van der Waals surface area (Å²) in [6, 6.07) is 7.61. The fourth-order valence-electron chi connectivity index (χ4n) is 2.51. The van der Waals surface area contributed by atoms with Crippen LogP contribution in [0.4, 0.5) is 10.5 Å². The van der Waals surface area contributed by atoms with Gasteiger partial charge in [-0.3, -0.25) is 4.79 Å². The molecular formula is C18H26N4O2. The smallest absolute Gasteiger partial charge is 0.319 e. The van der Waals surface area contributed by atoms with Crippen LogP contribution in [0.2, 0.25) is 0 Å². The van der Waals surface area contributed by atoms with Crippen molar-refractivity contribution in [3.63, 3.8) is 0 Å². The van der Waals surface area contributed by atoms with Crippen LogP contribution >= 0.6 is 0 Å². The number of nitrogens with one attached hydrogen (secondary N) is 2. The third kappa shape index (κ3) is 4.75. The minimum atomic E-state index is -0.303. The van der Waals surface area contributed by atoms with Crippen molar-refractivity contribution in [2.24, 2.45) is 5.92 Å². The first kappa shape index (κ1) is 17.8. The second-order valence-electron chi connectivity index (χ2n) is 6.55. The van der Waals surface area contributed by atoms with Crippen molar-refractivity contribution >= 4 is 28.5 Å². The number of carbonyl (C=O) groups excluding carboxylic acids is 2. The minimum absolute atomic E-state index is 0.0109.